The van der Waals surface area contributed by atoms with Gasteiger partial charge in [0.05, 0.1) is 5.25 Å². The summed E-state index contributed by atoms with van der Waals surface area (Å²) >= 11 is 0. The zero-order valence-corrected chi connectivity index (χ0v) is 13.6. The molecule has 3 heterocycles. The van der Waals surface area contributed by atoms with Crippen molar-refractivity contribution in [2.45, 2.75) is 18.1 Å². The number of primary sulfonamides is 1. The van der Waals surface area contributed by atoms with Gasteiger partial charge in [0.25, 0.3) is 0 Å². The van der Waals surface area contributed by atoms with Gasteiger partial charge in [0.2, 0.25) is 10.0 Å². The zero-order valence-electron chi connectivity index (χ0n) is 12.8. The number of nitrogens with zero attached hydrogens (tertiary/aromatic N) is 3. The third kappa shape index (κ3) is 3.23. The highest BCUT2D eigenvalue weighted by Crippen LogP contribution is 2.32. The number of piperidine rings is 1. The molecule has 0 aromatic heterocycles. The number of hydrogen-bond acceptors (Lipinski definition) is 4. The van der Waals surface area contributed by atoms with Crippen LogP contribution in [0.1, 0.15) is 12.8 Å². The molecule has 0 aromatic rings. The number of carbonyl (C=O) groups is 2. The predicted octanol–water partition coefficient (Wildman–Crippen LogP) is -0.599. The Morgan fingerprint density at radius 3 is 1.83 bits per heavy atom. The molecule has 3 aliphatic heterocycles. The van der Waals surface area contributed by atoms with Crippen LogP contribution in [0.15, 0.2) is 0 Å². The zero-order chi connectivity index (χ0) is 16.8. The van der Waals surface area contributed by atoms with Crippen LogP contribution in [-0.4, -0.2) is 84.9 Å². The van der Waals surface area contributed by atoms with Crippen molar-refractivity contribution < 1.29 is 23.1 Å². The second kappa shape index (κ2) is 5.82. The molecule has 130 valence electrons. The summed E-state index contributed by atoms with van der Waals surface area (Å²) in [4.78, 5) is 28.4. The van der Waals surface area contributed by atoms with Crippen molar-refractivity contribution in [3.05, 3.63) is 0 Å². The van der Waals surface area contributed by atoms with Gasteiger partial charge in [-0.25, -0.2) is 23.1 Å². The van der Waals surface area contributed by atoms with Crippen LogP contribution >= 0.6 is 0 Å². The highest BCUT2D eigenvalue weighted by atomic mass is 32.2. The van der Waals surface area contributed by atoms with Gasteiger partial charge in [0, 0.05) is 51.1 Å². The van der Waals surface area contributed by atoms with E-state index in [1.165, 1.54) is 4.90 Å². The molecule has 23 heavy (non-hydrogen) atoms. The molecule has 2 atom stereocenters. The highest BCUT2D eigenvalue weighted by Gasteiger charge is 2.44. The molecule has 0 aliphatic carbocycles. The van der Waals surface area contributed by atoms with Crippen molar-refractivity contribution in [1.29, 1.82) is 0 Å². The van der Waals surface area contributed by atoms with Crippen LogP contribution in [0, 0.1) is 11.8 Å². The maximum atomic E-state index is 12.5. The molecular weight excluding hydrogens is 324 g/mol. The fourth-order valence-corrected chi connectivity index (χ4v) is 4.75. The third-order valence-corrected chi connectivity index (χ3v) is 6.61. The number of carbonyl (C=O) groups excluding carboxylic acids is 1. The van der Waals surface area contributed by atoms with E-state index in [4.69, 9.17) is 10.2 Å². The smallest absolute Gasteiger partial charge is 0.407 e. The van der Waals surface area contributed by atoms with Crippen molar-refractivity contribution in [1.82, 2.24) is 14.7 Å². The molecule has 0 unspecified atom stereocenters. The first-order chi connectivity index (χ1) is 10.8. The average molecular weight is 346 g/mol. The van der Waals surface area contributed by atoms with Gasteiger partial charge in [-0.05, 0) is 12.8 Å². The Morgan fingerprint density at radius 1 is 0.913 bits per heavy atom. The summed E-state index contributed by atoms with van der Waals surface area (Å²) in [5.41, 5.74) is 0. The lowest BCUT2D eigenvalue weighted by Gasteiger charge is -2.34. The molecule has 0 radical (unpaired) electrons. The maximum Gasteiger partial charge on any atom is 0.407 e. The van der Waals surface area contributed by atoms with Crippen molar-refractivity contribution in [2.75, 3.05) is 39.3 Å². The Hall–Kier alpha value is -1.55. The van der Waals surface area contributed by atoms with Gasteiger partial charge >= 0.3 is 12.1 Å². The van der Waals surface area contributed by atoms with Gasteiger partial charge < -0.3 is 19.8 Å². The van der Waals surface area contributed by atoms with Crippen LogP contribution in [0.2, 0.25) is 0 Å². The minimum atomic E-state index is -3.53. The van der Waals surface area contributed by atoms with Crippen LogP contribution in [0.5, 0.6) is 0 Å². The fraction of sp³-hybridized carbons (Fsp3) is 0.846. The number of hydrogen-bond donors (Lipinski definition) is 2. The van der Waals surface area contributed by atoms with E-state index in [1.807, 2.05) is 0 Å². The molecule has 0 bridgehead atoms. The van der Waals surface area contributed by atoms with Crippen LogP contribution in [0.3, 0.4) is 0 Å². The molecule has 9 nitrogen and oxygen atoms in total. The minimum Gasteiger partial charge on any atom is -0.465 e. The van der Waals surface area contributed by atoms with E-state index in [1.54, 1.807) is 9.80 Å². The Bertz CT molecular complexity index is 587. The summed E-state index contributed by atoms with van der Waals surface area (Å²) in [5, 5.41) is 13.6. The SMILES string of the molecule is NS(=O)(=O)C1CCN(C(=O)N2C[C@H]3CN(C(=O)O)C[C@@H]3C2)CC1. The van der Waals surface area contributed by atoms with E-state index < -0.39 is 21.4 Å². The van der Waals surface area contributed by atoms with Gasteiger partial charge in [-0.15, -0.1) is 0 Å². The molecule has 3 aliphatic rings. The summed E-state index contributed by atoms with van der Waals surface area (Å²) in [7, 11) is -3.53. The van der Waals surface area contributed by atoms with Crippen molar-refractivity contribution in [3.8, 4) is 0 Å². The maximum absolute atomic E-state index is 12.5. The Balaban J connectivity index is 1.53. The van der Waals surface area contributed by atoms with Gasteiger partial charge in [-0.2, -0.15) is 0 Å². The molecule has 3 saturated heterocycles. The number of urea groups is 1. The summed E-state index contributed by atoms with van der Waals surface area (Å²) in [5.74, 6) is 0.411. The van der Waals surface area contributed by atoms with E-state index in [2.05, 4.69) is 0 Å². The van der Waals surface area contributed by atoms with Crippen molar-refractivity contribution in [3.63, 3.8) is 0 Å². The van der Waals surface area contributed by atoms with E-state index in [0.29, 0.717) is 52.1 Å². The number of nitrogens with two attached hydrogens (primary N) is 1. The summed E-state index contributed by atoms with van der Waals surface area (Å²) in [6.07, 6.45) is -0.154. The summed E-state index contributed by atoms with van der Waals surface area (Å²) in [6, 6.07) is -0.0749. The molecule has 10 heteroatoms. The predicted molar refractivity (Wildman–Crippen MR) is 81.2 cm³/mol. The van der Waals surface area contributed by atoms with Gasteiger partial charge in [-0.1, -0.05) is 0 Å². The molecule has 3 fully saturated rings. The normalized spacial score (nSPS) is 29.0. The van der Waals surface area contributed by atoms with Crippen LogP contribution in [-0.2, 0) is 10.0 Å². The van der Waals surface area contributed by atoms with E-state index in [0.717, 1.165) is 0 Å². The van der Waals surface area contributed by atoms with E-state index in [-0.39, 0.29) is 17.9 Å². The molecule has 0 saturated carbocycles. The van der Waals surface area contributed by atoms with Crippen LogP contribution in [0.25, 0.3) is 0 Å². The Kier molecular flexibility index (Phi) is 4.13. The second-order valence-electron chi connectivity index (χ2n) is 6.67. The standard InChI is InChI=1S/C13H22N4O5S/c14-23(21,22)11-1-3-15(4-2-11)12(18)16-5-9-7-17(13(19)20)8-10(9)6-16/h9-11H,1-8H2,(H,19,20)(H2,14,21,22)/t9-,10-/m0/s1. The molecule has 0 aromatic carbocycles. The molecule has 3 N–H and O–H groups in total. The third-order valence-electron chi connectivity index (χ3n) is 5.20. The number of fused-ring (bicyclic) bond motifs is 1. The fourth-order valence-electron chi connectivity index (χ4n) is 3.88. The second-order valence-corrected chi connectivity index (χ2v) is 8.52. The largest absolute Gasteiger partial charge is 0.465 e. The van der Waals surface area contributed by atoms with Crippen molar-refractivity contribution in [2.24, 2.45) is 17.0 Å². The first kappa shape index (κ1) is 16.3. The monoisotopic (exact) mass is 346 g/mol. The van der Waals surface area contributed by atoms with Gasteiger partial charge in [0.15, 0.2) is 0 Å². The minimum absolute atomic E-state index is 0.0749. The number of likely N-dealkylation sites (tertiary alicyclic amines) is 3. The van der Waals surface area contributed by atoms with Gasteiger partial charge in [0.1, 0.15) is 0 Å². The molecule has 0 spiro atoms. The Labute approximate surface area is 135 Å². The van der Waals surface area contributed by atoms with E-state index >= 15 is 0 Å². The molecule has 3 rings (SSSR count). The lowest BCUT2D eigenvalue weighted by atomic mass is 10.0. The Morgan fingerprint density at radius 2 is 1.39 bits per heavy atom. The average Bonchev–Trinajstić information content (AvgIpc) is 3.04. The number of sulfonamides is 1. The molecule has 3 amide bonds. The molecular formula is C13H22N4O5S. The first-order valence-corrected chi connectivity index (χ1v) is 9.40. The highest BCUT2D eigenvalue weighted by molar-refractivity contribution is 7.89. The van der Waals surface area contributed by atoms with Crippen molar-refractivity contribution >= 4 is 22.1 Å². The van der Waals surface area contributed by atoms with Gasteiger partial charge in [-0.3, -0.25) is 0 Å². The summed E-state index contributed by atoms with van der Waals surface area (Å²) in [6.45, 7) is 2.90. The number of carboxylic acid groups (broad SMARTS) is 1. The van der Waals surface area contributed by atoms with Crippen LogP contribution < -0.4 is 5.14 Å². The number of amides is 3. The van der Waals surface area contributed by atoms with E-state index in [9.17, 15) is 18.0 Å². The number of rotatable bonds is 1. The summed E-state index contributed by atoms with van der Waals surface area (Å²) < 4.78 is 22.7. The van der Waals surface area contributed by atoms with Crippen LogP contribution in [0.4, 0.5) is 9.59 Å². The quantitative estimate of drug-likeness (QED) is 0.656. The lowest BCUT2D eigenvalue weighted by Crippen LogP contribution is -2.49. The lowest BCUT2D eigenvalue weighted by molar-refractivity contribution is 0.139. The first-order valence-electron chi connectivity index (χ1n) is 7.79. The topological polar surface area (TPSA) is 124 Å².